The van der Waals surface area contributed by atoms with Crippen molar-refractivity contribution in [2.75, 3.05) is 6.61 Å². The van der Waals surface area contributed by atoms with Crippen LogP contribution in [0.3, 0.4) is 0 Å². The van der Waals surface area contributed by atoms with Crippen LogP contribution < -0.4 is 5.90 Å². The molecule has 0 heterocycles. The van der Waals surface area contributed by atoms with Crippen LogP contribution in [0.25, 0.3) is 0 Å². The van der Waals surface area contributed by atoms with Gasteiger partial charge in [0.15, 0.2) is 0 Å². The van der Waals surface area contributed by atoms with Crippen LogP contribution in [0, 0.1) is 17.8 Å². The Morgan fingerprint density at radius 3 is 1.92 bits per heavy atom. The fourth-order valence-corrected chi connectivity index (χ4v) is 1.30. The Kier molecular flexibility index (Phi) is 10.8. The number of aliphatic hydroxyl groups is 1. The van der Waals surface area contributed by atoms with Gasteiger partial charge in [-0.2, -0.15) is 0 Å². The van der Waals surface area contributed by atoms with E-state index in [0.717, 1.165) is 11.8 Å². The first kappa shape index (κ1) is 14.4. The van der Waals surface area contributed by atoms with E-state index in [0.29, 0.717) is 12.5 Å². The molecule has 1 aliphatic rings. The predicted octanol–water partition coefficient (Wildman–Crippen LogP) is 1.88. The summed E-state index contributed by atoms with van der Waals surface area (Å²) in [6, 6.07) is 0. The normalized spacial score (nSPS) is 25.0. The van der Waals surface area contributed by atoms with E-state index in [1.165, 1.54) is 6.42 Å². The summed E-state index contributed by atoms with van der Waals surface area (Å²) in [5.74, 6) is 5.77. The Balaban J connectivity index is -0.000000178. The van der Waals surface area contributed by atoms with E-state index in [2.05, 4.69) is 19.7 Å². The van der Waals surface area contributed by atoms with Crippen molar-refractivity contribution in [2.45, 2.75) is 34.1 Å². The minimum Gasteiger partial charge on any atom is -0.396 e. The maximum absolute atomic E-state index is 8.63. The second-order valence-corrected chi connectivity index (χ2v) is 3.09. The van der Waals surface area contributed by atoms with Gasteiger partial charge in [0.05, 0.1) is 0 Å². The average Bonchev–Trinajstić information content (AvgIpc) is 2.90. The van der Waals surface area contributed by atoms with Gasteiger partial charge >= 0.3 is 0 Å². The number of rotatable bonds is 2. The van der Waals surface area contributed by atoms with Crippen molar-refractivity contribution in [3.63, 3.8) is 0 Å². The molecular weight excluding hydrogens is 154 g/mol. The lowest BCUT2D eigenvalue weighted by Gasteiger charge is -1.98. The van der Waals surface area contributed by atoms with E-state index < -0.39 is 0 Å². The lowest BCUT2D eigenvalue weighted by molar-refractivity contribution is 0.262. The average molecular weight is 179 g/mol. The predicted molar refractivity (Wildman–Crippen MR) is 53.0 cm³/mol. The second kappa shape index (κ2) is 8.97. The third kappa shape index (κ3) is 5.52. The van der Waals surface area contributed by atoms with Crippen molar-refractivity contribution in [1.82, 2.24) is 0 Å². The summed E-state index contributed by atoms with van der Waals surface area (Å²) in [6.07, 6.45) is 1.26. The van der Waals surface area contributed by atoms with Crippen LogP contribution in [-0.4, -0.2) is 16.9 Å². The summed E-state index contributed by atoms with van der Waals surface area (Å²) in [7, 11) is 0. The molecule has 1 aliphatic carbocycles. The van der Waals surface area contributed by atoms with E-state index in [-0.39, 0.29) is 1.43 Å². The minimum atomic E-state index is 0. The molecular formula is C9H25NO2. The van der Waals surface area contributed by atoms with Gasteiger partial charge in [-0.05, 0) is 24.2 Å². The molecule has 0 spiro atoms. The molecule has 1 rings (SSSR count). The maximum Gasteiger partial charge on any atom is 0.0462 e. The fourth-order valence-electron chi connectivity index (χ4n) is 1.30. The summed E-state index contributed by atoms with van der Waals surface area (Å²) < 4.78 is 0. The summed E-state index contributed by atoms with van der Waals surface area (Å²) in [5, 5.41) is 15.1. The van der Waals surface area contributed by atoms with Gasteiger partial charge in [0.25, 0.3) is 0 Å². The van der Waals surface area contributed by atoms with E-state index in [1.54, 1.807) is 0 Å². The summed E-state index contributed by atoms with van der Waals surface area (Å²) in [5.41, 5.74) is 0. The van der Waals surface area contributed by atoms with E-state index in [9.17, 15) is 0 Å². The molecule has 0 bridgehead atoms. The Hall–Kier alpha value is -0.120. The SMILES string of the molecule is CC.CC(C)C1CC1CO.NO.[HH]. The highest BCUT2D eigenvalue weighted by Crippen LogP contribution is 2.43. The molecule has 0 radical (unpaired) electrons. The number of aliphatic hydroxyl groups excluding tert-OH is 1. The zero-order chi connectivity index (χ0) is 10.1. The molecule has 0 aliphatic heterocycles. The minimum absolute atomic E-state index is 0. The second-order valence-electron chi connectivity index (χ2n) is 3.09. The molecule has 0 aromatic rings. The van der Waals surface area contributed by atoms with Crippen LogP contribution in [0.5, 0.6) is 0 Å². The molecule has 0 saturated heterocycles. The highest BCUT2D eigenvalue weighted by atomic mass is 16.4. The number of hydrogen-bond acceptors (Lipinski definition) is 3. The Morgan fingerprint density at radius 2 is 1.83 bits per heavy atom. The first-order chi connectivity index (χ1) is 5.75. The topological polar surface area (TPSA) is 66.5 Å². The van der Waals surface area contributed by atoms with Gasteiger partial charge in [-0.1, -0.05) is 27.7 Å². The van der Waals surface area contributed by atoms with Crippen molar-refractivity contribution in [3.8, 4) is 0 Å². The fraction of sp³-hybridized carbons (Fsp3) is 1.00. The van der Waals surface area contributed by atoms with E-state index in [1.807, 2.05) is 13.8 Å². The first-order valence-electron chi connectivity index (χ1n) is 4.62. The van der Waals surface area contributed by atoms with Crippen molar-refractivity contribution >= 4 is 0 Å². The zero-order valence-electron chi connectivity index (χ0n) is 8.62. The van der Waals surface area contributed by atoms with Crippen LogP contribution >= 0.6 is 0 Å². The van der Waals surface area contributed by atoms with Crippen molar-refractivity contribution < 1.29 is 11.7 Å². The lowest BCUT2D eigenvalue weighted by atomic mass is 10.1. The van der Waals surface area contributed by atoms with Crippen LogP contribution in [0.15, 0.2) is 0 Å². The van der Waals surface area contributed by atoms with Gasteiger partial charge in [0.1, 0.15) is 0 Å². The Morgan fingerprint density at radius 1 is 1.42 bits per heavy atom. The molecule has 0 amide bonds. The highest BCUT2D eigenvalue weighted by molar-refractivity contribution is 4.87. The Labute approximate surface area is 77.0 Å². The van der Waals surface area contributed by atoms with Gasteiger partial charge in [-0.15, -0.1) is 0 Å². The molecule has 1 saturated carbocycles. The molecule has 78 valence electrons. The number of nitrogens with two attached hydrogens (primary N) is 1. The Bertz CT molecular complexity index is 91.7. The van der Waals surface area contributed by atoms with Crippen molar-refractivity contribution in [2.24, 2.45) is 23.7 Å². The smallest absolute Gasteiger partial charge is 0.0462 e. The number of hydrogen-bond donors (Lipinski definition) is 3. The molecule has 3 nitrogen and oxygen atoms in total. The quantitative estimate of drug-likeness (QED) is 0.567. The monoisotopic (exact) mass is 179 g/mol. The van der Waals surface area contributed by atoms with Gasteiger partial charge in [-0.3, -0.25) is 0 Å². The van der Waals surface area contributed by atoms with Gasteiger partial charge in [0.2, 0.25) is 0 Å². The standard InChI is InChI=1S/C7H14O.C2H6.H3NO.H2/c1-5(2)7-3-6(7)4-8;2*1-2;/h5-8H,3-4H2,1-2H3;1-2H3;2H,1H2;1H. The van der Waals surface area contributed by atoms with E-state index >= 15 is 0 Å². The molecule has 1 fully saturated rings. The summed E-state index contributed by atoms with van der Waals surface area (Å²) in [6.45, 7) is 8.85. The molecule has 4 N–H and O–H groups in total. The van der Waals surface area contributed by atoms with Gasteiger partial charge in [-0.25, -0.2) is 5.90 Å². The maximum atomic E-state index is 8.63. The summed E-state index contributed by atoms with van der Waals surface area (Å²) >= 11 is 0. The molecule has 12 heavy (non-hydrogen) atoms. The highest BCUT2D eigenvalue weighted by Gasteiger charge is 2.38. The van der Waals surface area contributed by atoms with Crippen LogP contribution in [-0.2, 0) is 0 Å². The third-order valence-electron chi connectivity index (χ3n) is 2.07. The molecule has 3 heteroatoms. The largest absolute Gasteiger partial charge is 0.396 e. The van der Waals surface area contributed by atoms with Gasteiger partial charge in [0, 0.05) is 8.03 Å². The van der Waals surface area contributed by atoms with Gasteiger partial charge < -0.3 is 10.3 Å². The van der Waals surface area contributed by atoms with Crippen molar-refractivity contribution in [3.05, 3.63) is 0 Å². The lowest BCUT2D eigenvalue weighted by Crippen LogP contribution is -1.95. The van der Waals surface area contributed by atoms with Crippen LogP contribution in [0.1, 0.15) is 35.5 Å². The third-order valence-corrected chi connectivity index (χ3v) is 2.07. The van der Waals surface area contributed by atoms with Crippen LogP contribution in [0.4, 0.5) is 0 Å². The van der Waals surface area contributed by atoms with E-state index in [4.69, 9.17) is 10.3 Å². The summed E-state index contributed by atoms with van der Waals surface area (Å²) in [4.78, 5) is 0. The molecule has 0 aromatic carbocycles. The molecule has 2 unspecified atom stereocenters. The molecule has 0 aromatic heterocycles. The van der Waals surface area contributed by atoms with Crippen molar-refractivity contribution in [1.29, 1.82) is 0 Å². The first-order valence-corrected chi connectivity index (χ1v) is 4.62. The molecule has 2 atom stereocenters. The van der Waals surface area contributed by atoms with Crippen LogP contribution in [0.2, 0.25) is 0 Å². The zero-order valence-corrected chi connectivity index (χ0v) is 8.62.